The number of pyridine rings is 1. The lowest BCUT2D eigenvalue weighted by atomic mass is 10.2. The van der Waals surface area contributed by atoms with E-state index in [1.807, 2.05) is 53.1 Å². The fourth-order valence-electron chi connectivity index (χ4n) is 2.82. The zero-order chi connectivity index (χ0) is 18.6. The number of hydrogen-bond acceptors (Lipinski definition) is 5. The first-order valence-electron chi connectivity index (χ1n) is 8.30. The first-order valence-corrected chi connectivity index (χ1v) is 8.30. The van der Waals surface area contributed by atoms with Crippen LogP contribution in [0.25, 0.3) is 22.6 Å². The van der Waals surface area contributed by atoms with Gasteiger partial charge in [0.05, 0.1) is 34.0 Å². The maximum atomic E-state index is 12.0. The van der Waals surface area contributed by atoms with E-state index in [0.29, 0.717) is 16.8 Å². The predicted molar refractivity (Wildman–Crippen MR) is 100 cm³/mol. The Balaban J connectivity index is 1.46. The van der Waals surface area contributed by atoms with Gasteiger partial charge in [-0.2, -0.15) is 5.26 Å². The molecule has 0 radical (unpaired) electrons. The number of para-hydroxylation sites is 2. The van der Waals surface area contributed by atoms with Gasteiger partial charge in [0.25, 0.3) is 0 Å². The average Bonchev–Trinajstić information content (AvgIpc) is 3.08. The van der Waals surface area contributed by atoms with Gasteiger partial charge in [-0.05, 0) is 30.3 Å². The number of nitrogens with zero attached hydrogens (tertiary/aromatic N) is 4. The summed E-state index contributed by atoms with van der Waals surface area (Å²) in [6, 6.07) is 15.3. The maximum Gasteiger partial charge on any atom is 0.331 e. The predicted octanol–water partition coefficient (Wildman–Crippen LogP) is 3.51. The number of esters is 1. The molecule has 6 heteroatoms. The molecule has 130 valence electrons. The second kappa shape index (κ2) is 7.10. The molecule has 0 spiro atoms. The zero-order valence-electron chi connectivity index (χ0n) is 14.2. The second-order valence-electron chi connectivity index (χ2n) is 5.86. The molecule has 0 unspecified atom stereocenters. The van der Waals surface area contributed by atoms with Gasteiger partial charge in [0.2, 0.25) is 0 Å². The van der Waals surface area contributed by atoms with Crippen molar-refractivity contribution in [2.24, 2.45) is 0 Å². The molecule has 3 heterocycles. The molecule has 0 atom stereocenters. The molecule has 0 amide bonds. The number of fused-ring (bicyclic) bond motifs is 2. The first kappa shape index (κ1) is 16.5. The van der Waals surface area contributed by atoms with E-state index < -0.39 is 5.97 Å². The quantitative estimate of drug-likeness (QED) is 0.414. The van der Waals surface area contributed by atoms with Crippen LogP contribution in [0, 0.1) is 11.3 Å². The van der Waals surface area contributed by atoms with Crippen molar-refractivity contribution in [3.63, 3.8) is 0 Å². The van der Waals surface area contributed by atoms with Crippen molar-refractivity contribution >= 4 is 28.6 Å². The highest BCUT2D eigenvalue weighted by atomic mass is 16.5. The minimum absolute atomic E-state index is 0.0249. The Labute approximate surface area is 155 Å². The lowest BCUT2D eigenvalue weighted by molar-refractivity contribution is -0.138. The zero-order valence-corrected chi connectivity index (χ0v) is 14.2. The molecule has 6 nitrogen and oxygen atoms in total. The van der Waals surface area contributed by atoms with Crippen molar-refractivity contribution in [3.05, 3.63) is 84.0 Å². The van der Waals surface area contributed by atoms with Gasteiger partial charge in [-0.25, -0.2) is 9.78 Å². The van der Waals surface area contributed by atoms with Gasteiger partial charge in [0.15, 0.2) is 0 Å². The molecule has 0 aliphatic rings. The number of nitriles is 1. The molecule has 4 rings (SSSR count). The van der Waals surface area contributed by atoms with E-state index in [9.17, 15) is 10.1 Å². The van der Waals surface area contributed by atoms with E-state index in [4.69, 9.17) is 4.74 Å². The van der Waals surface area contributed by atoms with Crippen molar-refractivity contribution < 1.29 is 9.53 Å². The highest BCUT2D eigenvalue weighted by molar-refractivity contribution is 5.87. The van der Waals surface area contributed by atoms with E-state index in [1.165, 1.54) is 6.08 Å². The van der Waals surface area contributed by atoms with Gasteiger partial charge in [-0.1, -0.05) is 18.2 Å². The number of ether oxygens (including phenoxy) is 1. The molecule has 0 N–H and O–H groups in total. The van der Waals surface area contributed by atoms with Crippen LogP contribution in [-0.2, 0) is 16.1 Å². The third kappa shape index (κ3) is 3.39. The number of rotatable bonds is 4. The Bertz CT molecular complexity index is 1220. The first-order chi connectivity index (χ1) is 13.2. The molecule has 3 aromatic heterocycles. The van der Waals surface area contributed by atoms with E-state index in [0.717, 1.165) is 16.6 Å². The van der Waals surface area contributed by atoms with Gasteiger partial charge < -0.3 is 9.14 Å². The summed E-state index contributed by atoms with van der Waals surface area (Å²) < 4.78 is 7.11. The molecule has 0 aliphatic carbocycles. The monoisotopic (exact) mass is 354 g/mol. The van der Waals surface area contributed by atoms with Gasteiger partial charge in [0, 0.05) is 24.0 Å². The summed E-state index contributed by atoms with van der Waals surface area (Å²) in [4.78, 5) is 20.7. The van der Waals surface area contributed by atoms with Crippen molar-refractivity contribution in [3.8, 4) is 6.07 Å². The summed E-state index contributed by atoms with van der Waals surface area (Å²) in [7, 11) is 0. The number of hydrogen-bond donors (Lipinski definition) is 0. The highest BCUT2D eigenvalue weighted by Crippen LogP contribution is 2.18. The molecule has 0 aliphatic heterocycles. The standard InChI is InChI=1S/C21H14N4O2/c22-11-17-15(13-25-10-4-3-7-20(17)25)14-27-21(26)9-8-16-12-23-18-5-1-2-6-19(18)24-16/h1-10,12-13H,14H2/b9-8+. The molecular weight excluding hydrogens is 340 g/mol. The molecule has 0 bridgehead atoms. The third-order valence-corrected chi connectivity index (χ3v) is 4.10. The molecule has 0 saturated heterocycles. The number of aromatic nitrogens is 3. The Hall–Kier alpha value is -3.98. The molecule has 4 aromatic rings. The number of carbonyl (C=O) groups is 1. The maximum absolute atomic E-state index is 12.0. The minimum Gasteiger partial charge on any atom is -0.458 e. The lowest BCUT2D eigenvalue weighted by Crippen LogP contribution is -2.01. The third-order valence-electron chi connectivity index (χ3n) is 4.10. The van der Waals surface area contributed by atoms with Gasteiger partial charge in [-0.3, -0.25) is 4.98 Å². The van der Waals surface area contributed by atoms with Crippen LogP contribution in [0.2, 0.25) is 0 Å². The second-order valence-corrected chi connectivity index (χ2v) is 5.86. The van der Waals surface area contributed by atoms with E-state index >= 15 is 0 Å². The lowest BCUT2D eigenvalue weighted by Gasteiger charge is -2.00. The largest absolute Gasteiger partial charge is 0.458 e. The average molecular weight is 354 g/mol. The normalized spacial score (nSPS) is 11.1. The molecule has 1 aromatic carbocycles. The molecule has 0 saturated carbocycles. The van der Waals surface area contributed by atoms with Crippen molar-refractivity contribution in [2.45, 2.75) is 6.61 Å². The molecular formula is C21H14N4O2. The van der Waals surface area contributed by atoms with Crippen LogP contribution in [-0.4, -0.2) is 20.3 Å². The van der Waals surface area contributed by atoms with Crippen LogP contribution in [0.3, 0.4) is 0 Å². The van der Waals surface area contributed by atoms with Crippen molar-refractivity contribution in [2.75, 3.05) is 0 Å². The van der Waals surface area contributed by atoms with Crippen molar-refractivity contribution in [1.29, 1.82) is 5.26 Å². The summed E-state index contributed by atoms with van der Waals surface area (Å²) in [5, 5.41) is 9.38. The summed E-state index contributed by atoms with van der Waals surface area (Å²) in [5.41, 5.74) is 4.07. The van der Waals surface area contributed by atoms with Crippen LogP contribution in [0.4, 0.5) is 0 Å². The highest BCUT2D eigenvalue weighted by Gasteiger charge is 2.11. The van der Waals surface area contributed by atoms with Gasteiger partial charge >= 0.3 is 5.97 Å². The van der Waals surface area contributed by atoms with E-state index in [2.05, 4.69) is 16.0 Å². The van der Waals surface area contributed by atoms with Crippen LogP contribution < -0.4 is 0 Å². The van der Waals surface area contributed by atoms with Gasteiger partial charge in [-0.15, -0.1) is 0 Å². The van der Waals surface area contributed by atoms with E-state index in [1.54, 1.807) is 18.5 Å². The van der Waals surface area contributed by atoms with Crippen LogP contribution in [0.1, 0.15) is 16.8 Å². The summed E-state index contributed by atoms with van der Waals surface area (Å²) in [6.07, 6.45) is 8.10. The van der Waals surface area contributed by atoms with E-state index in [-0.39, 0.29) is 6.61 Å². The summed E-state index contributed by atoms with van der Waals surface area (Å²) in [5.74, 6) is -0.510. The Morgan fingerprint density at radius 3 is 2.85 bits per heavy atom. The topological polar surface area (TPSA) is 80.3 Å². The van der Waals surface area contributed by atoms with Crippen LogP contribution in [0.5, 0.6) is 0 Å². The summed E-state index contributed by atoms with van der Waals surface area (Å²) >= 11 is 0. The Morgan fingerprint density at radius 2 is 2.00 bits per heavy atom. The molecule has 0 fully saturated rings. The van der Waals surface area contributed by atoms with Crippen molar-refractivity contribution in [1.82, 2.24) is 14.4 Å². The smallest absolute Gasteiger partial charge is 0.331 e. The minimum atomic E-state index is -0.510. The SMILES string of the molecule is N#Cc1c(COC(=O)/C=C/c2cnc3ccccc3n2)cn2ccccc12. The number of benzene rings is 1. The fourth-order valence-corrected chi connectivity index (χ4v) is 2.82. The summed E-state index contributed by atoms with van der Waals surface area (Å²) in [6.45, 7) is 0.0249. The van der Waals surface area contributed by atoms with Crippen LogP contribution >= 0.6 is 0 Å². The van der Waals surface area contributed by atoms with Crippen LogP contribution in [0.15, 0.2) is 67.1 Å². The Kier molecular flexibility index (Phi) is 4.33. The fraction of sp³-hybridized carbons (Fsp3) is 0.0476. The molecule has 27 heavy (non-hydrogen) atoms. The number of carbonyl (C=O) groups excluding carboxylic acids is 1. The van der Waals surface area contributed by atoms with Gasteiger partial charge in [0.1, 0.15) is 12.7 Å². The Morgan fingerprint density at radius 1 is 1.19 bits per heavy atom.